The Balaban J connectivity index is 1.29. The SMILES string of the molecule is O=C(CC1CCCC1)N1C[C@@H]2CN(CCc3ncc[nH]3)C[C@@H]2[C@H]1c1ccccc1. The number of carbonyl (C=O) groups excluding carboxylic acids is 1. The highest BCUT2D eigenvalue weighted by Crippen LogP contribution is 2.45. The van der Waals surface area contributed by atoms with Crippen molar-refractivity contribution >= 4 is 5.91 Å². The van der Waals surface area contributed by atoms with Gasteiger partial charge in [0, 0.05) is 57.3 Å². The van der Waals surface area contributed by atoms with Crippen molar-refractivity contribution in [2.24, 2.45) is 17.8 Å². The van der Waals surface area contributed by atoms with Crippen LogP contribution in [0.1, 0.15) is 49.5 Å². The predicted octanol–water partition coefficient (Wildman–Crippen LogP) is 3.66. The number of nitrogens with one attached hydrogen (secondary N) is 1. The number of carbonyl (C=O) groups is 1. The fraction of sp³-hybridized carbons (Fsp3) is 0.583. The summed E-state index contributed by atoms with van der Waals surface area (Å²) in [7, 11) is 0. The maximum absolute atomic E-state index is 13.3. The zero-order chi connectivity index (χ0) is 19.6. The van der Waals surface area contributed by atoms with Crippen molar-refractivity contribution < 1.29 is 4.79 Å². The molecule has 1 amide bonds. The van der Waals surface area contributed by atoms with Gasteiger partial charge < -0.3 is 14.8 Å². The number of hydrogen-bond donors (Lipinski definition) is 1. The summed E-state index contributed by atoms with van der Waals surface area (Å²) in [5.41, 5.74) is 1.31. The second kappa shape index (κ2) is 8.31. The van der Waals surface area contributed by atoms with Crippen molar-refractivity contribution in [3.8, 4) is 0 Å². The Morgan fingerprint density at radius 2 is 1.93 bits per heavy atom. The van der Waals surface area contributed by atoms with Crippen molar-refractivity contribution in [3.05, 3.63) is 54.1 Å². The van der Waals surface area contributed by atoms with Crippen LogP contribution in [0.15, 0.2) is 42.7 Å². The second-order valence-corrected chi connectivity index (χ2v) is 9.23. The van der Waals surface area contributed by atoms with E-state index in [1.165, 1.54) is 31.2 Å². The lowest BCUT2D eigenvalue weighted by molar-refractivity contribution is -0.133. The van der Waals surface area contributed by atoms with Gasteiger partial charge in [-0.15, -0.1) is 0 Å². The number of hydrogen-bond acceptors (Lipinski definition) is 3. The summed E-state index contributed by atoms with van der Waals surface area (Å²) in [6.07, 6.45) is 10.5. The number of aromatic nitrogens is 2. The normalized spacial score (nSPS) is 27.6. The first-order valence-electron chi connectivity index (χ1n) is 11.3. The molecular formula is C24H32N4O. The molecule has 0 radical (unpaired) electrons. The molecule has 5 rings (SSSR count). The highest BCUT2D eigenvalue weighted by molar-refractivity contribution is 5.77. The first-order valence-corrected chi connectivity index (χ1v) is 11.3. The molecule has 1 aliphatic carbocycles. The van der Waals surface area contributed by atoms with Gasteiger partial charge in [0.05, 0.1) is 6.04 Å². The summed E-state index contributed by atoms with van der Waals surface area (Å²) in [5, 5.41) is 0. The van der Waals surface area contributed by atoms with E-state index in [-0.39, 0.29) is 6.04 Å². The summed E-state index contributed by atoms with van der Waals surface area (Å²) < 4.78 is 0. The van der Waals surface area contributed by atoms with Crippen LogP contribution >= 0.6 is 0 Å². The van der Waals surface area contributed by atoms with E-state index in [9.17, 15) is 4.79 Å². The molecule has 5 heteroatoms. The molecule has 3 heterocycles. The van der Waals surface area contributed by atoms with E-state index >= 15 is 0 Å². The predicted molar refractivity (Wildman–Crippen MR) is 113 cm³/mol. The Morgan fingerprint density at radius 3 is 2.69 bits per heavy atom. The molecule has 0 spiro atoms. The summed E-state index contributed by atoms with van der Waals surface area (Å²) >= 11 is 0. The number of benzene rings is 1. The Labute approximate surface area is 173 Å². The standard InChI is InChI=1S/C24H32N4O/c29-23(14-18-6-4-5-7-18)28-16-20-15-27(13-10-22-25-11-12-26-22)17-21(20)24(28)19-8-2-1-3-9-19/h1-3,8-9,11-12,18,20-21,24H,4-7,10,13-17H2,(H,25,26)/t20-,21-,24+/m0/s1. The third-order valence-corrected chi connectivity index (χ3v) is 7.36. The number of amides is 1. The molecule has 3 fully saturated rings. The molecule has 2 saturated heterocycles. The average molecular weight is 393 g/mol. The van der Waals surface area contributed by atoms with Gasteiger partial charge in [0.25, 0.3) is 0 Å². The van der Waals surface area contributed by atoms with Crippen LogP contribution in [0, 0.1) is 17.8 Å². The summed E-state index contributed by atoms with van der Waals surface area (Å²) in [6.45, 7) is 4.14. The quantitative estimate of drug-likeness (QED) is 0.816. The summed E-state index contributed by atoms with van der Waals surface area (Å²) in [5.74, 6) is 3.20. The van der Waals surface area contributed by atoms with E-state index < -0.39 is 0 Å². The van der Waals surface area contributed by atoms with Crippen LogP contribution in [-0.2, 0) is 11.2 Å². The fourth-order valence-corrected chi connectivity index (χ4v) is 5.93. The molecular weight excluding hydrogens is 360 g/mol. The van der Waals surface area contributed by atoms with Crippen LogP contribution in [0.25, 0.3) is 0 Å². The molecule has 1 saturated carbocycles. The minimum atomic E-state index is 0.240. The molecule has 3 aliphatic rings. The Morgan fingerprint density at radius 1 is 1.10 bits per heavy atom. The minimum Gasteiger partial charge on any atom is -0.349 e. The van der Waals surface area contributed by atoms with Crippen LogP contribution in [0.3, 0.4) is 0 Å². The molecule has 5 nitrogen and oxygen atoms in total. The van der Waals surface area contributed by atoms with Gasteiger partial charge in [-0.3, -0.25) is 4.79 Å². The van der Waals surface area contributed by atoms with Gasteiger partial charge in [0.1, 0.15) is 5.82 Å². The van der Waals surface area contributed by atoms with E-state index in [0.29, 0.717) is 23.7 Å². The molecule has 1 aromatic carbocycles. The first-order chi connectivity index (χ1) is 14.3. The van der Waals surface area contributed by atoms with Gasteiger partial charge in [-0.25, -0.2) is 4.98 Å². The summed E-state index contributed by atoms with van der Waals surface area (Å²) in [6, 6.07) is 11.0. The maximum atomic E-state index is 13.3. The van der Waals surface area contributed by atoms with Crippen molar-refractivity contribution in [1.82, 2.24) is 19.8 Å². The Kier molecular flexibility index (Phi) is 5.40. The van der Waals surface area contributed by atoms with Crippen molar-refractivity contribution in [1.29, 1.82) is 0 Å². The van der Waals surface area contributed by atoms with E-state index in [1.54, 1.807) is 0 Å². The lowest BCUT2D eigenvalue weighted by atomic mass is 9.89. The van der Waals surface area contributed by atoms with Gasteiger partial charge in [-0.1, -0.05) is 43.2 Å². The lowest BCUT2D eigenvalue weighted by Gasteiger charge is -2.31. The highest BCUT2D eigenvalue weighted by atomic mass is 16.2. The second-order valence-electron chi connectivity index (χ2n) is 9.23. The number of aromatic amines is 1. The molecule has 154 valence electrons. The van der Waals surface area contributed by atoms with Crippen molar-refractivity contribution in [2.45, 2.75) is 44.6 Å². The molecule has 2 aromatic rings. The number of nitrogens with zero attached hydrogens (tertiary/aromatic N) is 3. The number of H-pyrrole nitrogens is 1. The van der Waals surface area contributed by atoms with Crippen molar-refractivity contribution in [3.63, 3.8) is 0 Å². The van der Waals surface area contributed by atoms with E-state index in [2.05, 4.69) is 50.1 Å². The van der Waals surface area contributed by atoms with Crippen LogP contribution in [-0.4, -0.2) is 51.9 Å². The Hall–Kier alpha value is -2.14. The summed E-state index contributed by atoms with van der Waals surface area (Å²) in [4.78, 5) is 25.7. The van der Waals surface area contributed by atoms with Gasteiger partial charge >= 0.3 is 0 Å². The monoisotopic (exact) mass is 392 g/mol. The molecule has 1 aromatic heterocycles. The van der Waals surface area contributed by atoms with Gasteiger partial charge in [0.15, 0.2) is 0 Å². The topological polar surface area (TPSA) is 52.2 Å². The average Bonchev–Trinajstić information content (AvgIpc) is 3.51. The van der Waals surface area contributed by atoms with Crippen LogP contribution < -0.4 is 0 Å². The molecule has 29 heavy (non-hydrogen) atoms. The smallest absolute Gasteiger partial charge is 0.223 e. The van der Waals surface area contributed by atoms with Crippen LogP contribution in [0.4, 0.5) is 0 Å². The zero-order valence-corrected chi connectivity index (χ0v) is 17.2. The van der Waals surface area contributed by atoms with Crippen molar-refractivity contribution in [2.75, 3.05) is 26.2 Å². The minimum absolute atomic E-state index is 0.240. The van der Waals surface area contributed by atoms with Crippen LogP contribution in [0.5, 0.6) is 0 Å². The van der Waals surface area contributed by atoms with Gasteiger partial charge in [-0.2, -0.15) is 0 Å². The number of imidazole rings is 1. The zero-order valence-electron chi connectivity index (χ0n) is 17.2. The van der Waals surface area contributed by atoms with Gasteiger partial charge in [0.2, 0.25) is 5.91 Å². The van der Waals surface area contributed by atoms with E-state index in [0.717, 1.165) is 44.8 Å². The molecule has 2 aliphatic heterocycles. The molecule has 3 atom stereocenters. The maximum Gasteiger partial charge on any atom is 0.223 e. The third-order valence-electron chi connectivity index (χ3n) is 7.36. The first kappa shape index (κ1) is 18.9. The molecule has 0 bridgehead atoms. The number of rotatable bonds is 6. The van der Waals surface area contributed by atoms with Crippen LogP contribution in [0.2, 0.25) is 0 Å². The lowest BCUT2D eigenvalue weighted by Crippen LogP contribution is -2.36. The highest BCUT2D eigenvalue weighted by Gasteiger charge is 2.48. The van der Waals surface area contributed by atoms with Gasteiger partial charge in [-0.05, 0) is 30.2 Å². The van der Waals surface area contributed by atoms with E-state index in [4.69, 9.17) is 0 Å². The largest absolute Gasteiger partial charge is 0.349 e. The fourth-order valence-electron chi connectivity index (χ4n) is 5.93. The molecule has 1 N–H and O–H groups in total. The molecule has 0 unspecified atom stereocenters. The Bertz CT molecular complexity index is 800. The number of fused-ring (bicyclic) bond motifs is 1. The third kappa shape index (κ3) is 3.97. The number of likely N-dealkylation sites (tertiary alicyclic amines) is 2. The van der Waals surface area contributed by atoms with E-state index in [1.807, 2.05) is 12.4 Å².